The Balaban J connectivity index is 1.38. The smallest absolute Gasteiger partial charge is 0.204 e. The molecule has 1 aromatic heterocycles. The van der Waals surface area contributed by atoms with Gasteiger partial charge in [0.15, 0.2) is 0 Å². The van der Waals surface area contributed by atoms with Gasteiger partial charge in [-0.3, -0.25) is 4.79 Å². The molecule has 0 radical (unpaired) electrons. The molecule has 1 aliphatic carbocycles. The second-order valence-corrected chi connectivity index (χ2v) is 8.22. The van der Waals surface area contributed by atoms with Gasteiger partial charge in [0.2, 0.25) is 5.43 Å². The summed E-state index contributed by atoms with van der Waals surface area (Å²) in [4.78, 5) is 26.4. The van der Waals surface area contributed by atoms with Crippen molar-refractivity contribution in [3.63, 3.8) is 0 Å². The van der Waals surface area contributed by atoms with Crippen LogP contribution in [0, 0.1) is 10.7 Å². The number of rotatable bonds is 4. The zero-order chi connectivity index (χ0) is 21.7. The molecular formula is C26H22N4O2. The molecule has 6 nitrogen and oxygen atoms in total. The second-order valence-electron chi connectivity index (χ2n) is 8.22. The van der Waals surface area contributed by atoms with Gasteiger partial charge in [-0.25, -0.2) is 4.98 Å². The van der Waals surface area contributed by atoms with Crippen LogP contribution in [0.4, 0.5) is 5.82 Å². The molecule has 0 spiro atoms. The minimum absolute atomic E-state index is 0.00191. The molecule has 0 atom stereocenters. The molecule has 6 rings (SSSR count). The van der Waals surface area contributed by atoms with E-state index >= 15 is 0 Å². The molecule has 1 fully saturated rings. The highest BCUT2D eigenvalue weighted by molar-refractivity contribution is 5.80. The first-order valence-electron chi connectivity index (χ1n) is 10.7. The van der Waals surface area contributed by atoms with Crippen LogP contribution >= 0.6 is 0 Å². The minimum Gasteiger partial charge on any atom is -0.497 e. The van der Waals surface area contributed by atoms with Gasteiger partial charge in [-0.2, -0.15) is 0 Å². The van der Waals surface area contributed by atoms with Gasteiger partial charge in [0, 0.05) is 35.7 Å². The first kappa shape index (κ1) is 18.7. The van der Waals surface area contributed by atoms with Crippen LogP contribution in [-0.4, -0.2) is 35.2 Å². The molecule has 3 heterocycles. The number of nitrogens with one attached hydrogen (secondary N) is 2. The summed E-state index contributed by atoms with van der Waals surface area (Å²) in [6.07, 6.45) is 0. The van der Waals surface area contributed by atoms with Gasteiger partial charge in [0.05, 0.1) is 23.7 Å². The zero-order valence-electron chi connectivity index (χ0n) is 17.6. The molecule has 0 saturated carbocycles. The number of fused-ring (bicyclic) bond motifs is 1. The van der Waals surface area contributed by atoms with E-state index in [4.69, 9.17) is 9.72 Å². The van der Waals surface area contributed by atoms with Crippen molar-refractivity contribution in [2.24, 2.45) is 0 Å². The van der Waals surface area contributed by atoms with E-state index in [1.54, 1.807) is 13.2 Å². The van der Waals surface area contributed by atoms with Gasteiger partial charge >= 0.3 is 0 Å². The van der Waals surface area contributed by atoms with Gasteiger partial charge in [0.25, 0.3) is 0 Å². The maximum Gasteiger partial charge on any atom is 0.204 e. The van der Waals surface area contributed by atoms with E-state index in [-0.39, 0.29) is 11.3 Å². The monoisotopic (exact) mass is 422 g/mol. The fraction of sp³-hybridized carbons (Fsp3) is 0.154. The normalized spacial score (nSPS) is 14.1. The summed E-state index contributed by atoms with van der Waals surface area (Å²) in [5.74, 6) is 2.02. The Labute approximate surface area is 184 Å². The Morgan fingerprint density at radius 2 is 1.84 bits per heavy atom. The lowest BCUT2D eigenvalue weighted by atomic mass is 9.92. The van der Waals surface area contributed by atoms with E-state index in [0.29, 0.717) is 5.35 Å². The number of aromatic nitrogens is 3. The van der Waals surface area contributed by atoms with Crippen molar-refractivity contribution >= 4 is 16.7 Å². The molecule has 1 saturated heterocycles. The molecule has 2 N–H and O–H groups in total. The van der Waals surface area contributed by atoms with Crippen molar-refractivity contribution in [3.05, 3.63) is 99.4 Å². The Hall–Kier alpha value is -4.06. The topological polar surface area (TPSA) is 74.0 Å². The molecular weight excluding hydrogens is 400 g/mol. The van der Waals surface area contributed by atoms with Gasteiger partial charge in [-0.15, -0.1) is 0 Å². The van der Waals surface area contributed by atoms with Crippen molar-refractivity contribution in [2.75, 3.05) is 25.1 Å². The van der Waals surface area contributed by atoms with Crippen LogP contribution in [0.15, 0.2) is 77.6 Å². The van der Waals surface area contributed by atoms with Gasteiger partial charge in [0.1, 0.15) is 16.9 Å². The maximum atomic E-state index is 12.3. The highest BCUT2D eigenvalue weighted by Crippen LogP contribution is 2.35. The number of benzene rings is 2. The number of anilines is 1. The summed E-state index contributed by atoms with van der Waals surface area (Å²) >= 11 is 0. The molecule has 0 amide bonds. The third-order valence-electron chi connectivity index (χ3n) is 6.26. The van der Waals surface area contributed by atoms with Crippen molar-refractivity contribution in [2.45, 2.75) is 5.92 Å². The molecule has 0 unspecified atom stereocenters. The first-order chi connectivity index (χ1) is 15.7. The Morgan fingerprint density at radius 1 is 0.969 bits per heavy atom. The Morgan fingerprint density at radius 3 is 2.72 bits per heavy atom. The summed E-state index contributed by atoms with van der Waals surface area (Å²) in [5.41, 5.74) is 4.04. The number of pyridine rings is 1. The predicted molar refractivity (Wildman–Crippen MR) is 125 cm³/mol. The molecule has 32 heavy (non-hydrogen) atoms. The van der Waals surface area contributed by atoms with Crippen LogP contribution in [0.2, 0.25) is 0 Å². The largest absolute Gasteiger partial charge is 0.497 e. The quantitative estimate of drug-likeness (QED) is 0.454. The number of hydrogen-bond donors (Lipinski definition) is 2. The lowest BCUT2D eigenvalue weighted by molar-refractivity contribution is 0.415. The summed E-state index contributed by atoms with van der Waals surface area (Å²) in [6, 6.07) is 23.8. The van der Waals surface area contributed by atoms with Crippen LogP contribution in [0.25, 0.3) is 22.2 Å². The molecule has 3 aliphatic rings. The average molecular weight is 422 g/mol. The molecule has 3 aromatic rings. The number of para-hydroxylation sites is 1. The molecule has 6 heteroatoms. The van der Waals surface area contributed by atoms with Gasteiger partial charge in [-0.1, -0.05) is 30.3 Å². The summed E-state index contributed by atoms with van der Waals surface area (Å²) < 4.78 is 5.43. The highest BCUT2D eigenvalue weighted by Gasteiger charge is 2.32. The summed E-state index contributed by atoms with van der Waals surface area (Å²) in [7, 11) is 1.67. The fourth-order valence-electron chi connectivity index (χ4n) is 4.48. The Bertz CT molecular complexity index is 1560. The van der Waals surface area contributed by atoms with Gasteiger partial charge in [-0.05, 0) is 42.5 Å². The third kappa shape index (κ3) is 3.03. The predicted octanol–water partition coefficient (Wildman–Crippen LogP) is 4.26. The molecule has 158 valence electrons. The van der Waals surface area contributed by atoms with Crippen LogP contribution in [0.5, 0.6) is 5.75 Å². The van der Waals surface area contributed by atoms with Crippen molar-refractivity contribution in [1.29, 1.82) is 0 Å². The second kappa shape index (κ2) is 7.27. The standard InChI is InChI=1S/C26H22N4O2/c1-32-19-7-4-6-17(13-19)24-25(29-26-21(28-24)10-11-22(26)31)18-14-30(15-18)23-12-9-16-5-2-3-8-20(16)27-23/h2-13,18,28-29H,14-15H2,1H3. The summed E-state index contributed by atoms with van der Waals surface area (Å²) in [5, 5.41) is 2.57. The van der Waals surface area contributed by atoms with Crippen molar-refractivity contribution in [1.82, 2.24) is 15.0 Å². The third-order valence-corrected chi connectivity index (χ3v) is 6.26. The first-order valence-corrected chi connectivity index (χ1v) is 10.7. The van der Waals surface area contributed by atoms with Gasteiger partial charge < -0.3 is 19.6 Å². The molecule has 2 aromatic carbocycles. The average Bonchev–Trinajstić information content (AvgIpc) is 3.17. The Kier molecular flexibility index (Phi) is 4.24. The molecule has 2 aliphatic heterocycles. The SMILES string of the molecule is COc1cccc(-c2[nH]c3ccc(=O)c=3[nH]c2C2CN(c3ccc4ccccc4n3)C2)c1. The number of methoxy groups -OCH3 is 1. The lowest BCUT2D eigenvalue weighted by Crippen LogP contribution is -2.46. The minimum atomic E-state index is 0.00191. The highest BCUT2D eigenvalue weighted by atomic mass is 16.5. The number of hydrogen-bond acceptors (Lipinski definition) is 4. The van der Waals surface area contributed by atoms with E-state index in [1.807, 2.05) is 42.5 Å². The molecule has 0 bridgehead atoms. The van der Waals surface area contributed by atoms with Crippen LogP contribution < -0.4 is 15.1 Å². The number of H-pyrrole nitrogens is 2. The zero-order valence-corrected chi connectivity index (χ0v) is 17.6. The maximum absolute atomic E-state index is 12.3. The summed E-state index contributed by atoms with van der Waals surface area (Å²) in [6.45, 7) is 1.65. The number of ether oxygens (including phenoxy) is 1. The van der Waals surface area contributed by atoms with E-state index in [9.17, 15) is 4.79 Å². The van der Waals surface area contributed by atoms with E-state index < -0.39 is 0 Å². The van der Waals surface area contributed by atoms with Crippen molar-refractivity contribution < 1.29 is 4.74 Å². The van der Waals surface area contributed by atoms with E-state index in [0.717, 1.165) is 57.9 Å². The number of nitrogens with zero attached hydrogens (tertiary/aromatic N) is 2. The van der Waals surface area contributed by atoms with Crippen LogP contribution in [0.3, 0.4) is 0 Å². The van der Waals surface area contributed by atoms with Crippen LogP contribution in [-0.2, 0) is 0 Å². The van der Waals surface area contributed by atoms with E-state index in [2.05, 4.69) is 39.1 Å². The number of aromatic amines is 2. The van der Waals surface area contributed by atoms with E-state index in [1.165, 1.54) is 0 Å². The fourth-order valence-corrected chi connectivity index (χ4v) is 4.48. The van der Waals surface area contributed by atoms with Crippen molar-refractivity contribution in [3.8, 4) is 17.0 Å². The van der Waals surface area contributed by atoms with Crippen LogP contribution in [0.1, 0.15) is 11.6 Å². The lowest BCUT2D eigenvalue weighted by Gasteiger charge is -2.40.